The van der Waals surface area contributed by atoms with E-state index < -0.39 is 26.4 Å². The highest BCUT2D eigenvalue weighted by atomic mass is 32.2. The number of nitrogens with zero attached hydrogens (tertiary/aromatic N) is 1. The lowest BCUT2D eigenvalue weighted by molar-refractivity contribution is -0.386. The highest BCUT2D eigenvalue weighted by Gasteiger charge is 2.21. The Morgan fingerprint density at radius 3 is 2.76 bits per heavy atom. The average Bonchev–Trinajstić information content (AvgIpc) is 2.91. The van der Waals surface area contributed by atoms with Crippen LogP contribution >= 0.6 is 0 Å². The molecular weight excluding hydrogens is 296 g/mol. The van der Waals surface area contributed by atoms with Gasteiger partial charge in [0, 0.05) is 12.6 Å². The van der Waals surface area contributed by atoms with Gasteiger partial charge in [-0.15, -0.1) is 0 Å². The summed E-state index contributed by atoms with van der Waals surface area (Å²) in [5, 5.41) is 20.0. The molecular formula is C13H16N2O5S. The first-order valence-electron chi connectivity index (χ1n) is 6.55. The smallest absolute Gasteiger partial charge is 0.312 e. The third-order valence-corrected chi connectivity index (χ3v) is 4.79. The number of aromatic hydroxyl groups is 1. The summed E-state index contributed by atoms with van der Waals surface area (Å²) < 4.78 is 26.5. The summed E-state index contributed by atoms with van der Waals surface area (Å²) in [6.07, 6.45) is 5.88. The van der Waals surface area contributed by atoms with Gasteiger partial charge in [-0.2, -0.15) is 0 Å². The molecule has 7 nitrogen and oxygen atoms in total. The lowest BCUT2D eigenvalue weighted by Gasteiger charge is -2.07. The van der Waals surface area contributed by atoms with Crippen molar-refractivity contribution in [2.75, 3.05) is 6.54 Å². The zero-order valence-electron chi connectivity index (χ0n) is 11.3. The maximum Gasteiger partial charge on any atom is 0.312 e. The van der Waals surface area contributed by atoms with E-state index >= 15 is 0 Å². The van der Waals surface area contributed by atoms with Gasteiger partial charge in [-0.05, 0) is 37.8 Å². The van der Waals surface area contributed by atoms with E-state index in [1.807, 2.05) is 0 Å². The largest absolute Gasteiger partial charge is 0.502 e. The second-order valence-corrected chi connectivity index (χ2v) is 6.58. The van der Waals surface area contributed by atoms with E-state index in [0.717, 1.165) is 37.5 Å². The van der Waals surface area contributed by atoms with Crippen molar-refractivity contribution in [2.24, 2.45) is 0 Å². The Hall–Kier alpha value is -1.93. The fourth-order valence-corrected chi connectivity index (χ4v) is 3.26. The molecule has 0 saturated heterocycles. The third kappa shape index (κ3) is 3.79. The van der Waals surface area contributed by atoms with E-state index in [9.17, 15) is 23.6 Å². The summed E-state index contributed by atoms with van der Waals surface area (Å²) in [6, 6.07) is 3.00. The van der Waals surface area contributed by atoms with Gasteiger partial charge in [0.05, 0.1) is 9.82 Å². The standard InChI is InChI=1S/C13H16N2O5S/c16-13-6-5-11(9-12(13)15(17)18)21(19,20)14-8-7-10-3-1-2-4-10/h3,5-6,9,14,16H,1-2,4,7-8H2. The first kappa shape index (κ1) is 15.5. The molecule has 1 aliphatic rings. The van der Waals surface area contributed by atoms with Gasteiger partial charge >= 0.3 is 5.69 Å². The van der Waals surface area contributed by atoms with Gasteiger partial charge in [-0.3, -0.25) is 10.1 Å². The van der Waals surface area contributed by atoms with Crippen LogP contribution in [0.25, 0.3) is 0 Å². The van der Waals surface area contributed by atoms with Crippen LogP contribution in [0.2, 0.25) is 0 Å². The molecule has 0 aliphatic heterocycles. The molecule has 0 heterocycles. The van der Waals surface area contributed by atoms with Gasteiger partial charge in [-0.25, -0.2) is 13.1 Å². The molecule has 0 bridgehead atoms. The summed E-state index contributed by atoms with van der Waals surface area (Å²) >= 11 is 0. The number of nitro groups is 1. The van der Waals surface area contributed by atoms with Gasteiger partial charge in [0.2, 0.25) is 10.0 Å². The normalized spacial score (nSPS) is 15.0. The molecule has 0 saturated carbocycles. The number of benzene rings is 1. The monoisotopic (exact) mass is 312 g/mol. The van der Waals surface area contributed by atoms with Crippen molar-refractivity contribution in [1.82, 2.24) is 4.72 Å². The number of nitrogens with one attached hydrogen (secondary N) is 1. The minimum Gasteiger partial charge on any atom is -0.502 e. The molecule has 0 atom stereocenters. The number of allylic oxidation sites excluding steroid dienone is 1. The van der Waals surface area contributed by atoms with Crippen molar-refractivity contribution in [3.8, 4) is 5.75 Å². The average molecular weight is 312 g/mol. The van der Waals surface area contributed by atoms with Crippen LogP contribution in [-0.2, 0) is 10.0 Å². The molecule has 0 fully saturated rings. The molecule has 1 aromatic rings. The van der Waals surface area contributed by atoms with Crippen molar-refractivity contribution in [3.63, 3.8) is 0 Å². The highest BCUT2D eigenvalue weighted by molar-refractivity contribution is 7.89. The van der Waals surface area contributed by atoms with Crippen molar-refractivity contribution < 1.29 is 18.4 Å². The maximum absolute atomic E-state index is 12.1. The molecule has 0 aromatic heterocycles. The summed E-state index contributed by atoms with van der Waals surface area (Å²) in [7, 11) is -3.82. The Morgan fingerprint density at radius 2 is 2.14 bits per heavy atom. The molecule has 0 amide bonds. The van der Waals surface area contributed by atoms with E-state index in [2.05, 4.69) is 10.8 Å². The Balaban J connectivity index is 2.08. The van der Waals surface area contributed by atoms with E-state index in [1.54, 1.807) is 0 Å². The fraction of sp³-hybridized carbons (Fsp3) is 0.385. The zero-order chi connectivity index (χ0) is 15.5. The Morgan fingerprint density at radius 1 is 1.38 bits per heavy atom. The molecule has 2 rings (SSSR count). The molecule has 0 spiro atoms. The maximum atomic E-state index is 12.1. The number of hydrogen-bond acceptors (Lipinski definition) is 5. The summed E-state index contributed by atoms with van der Waals surface area (Å²) in [6.45, 7) is 0.253. The van der Waals surface area contributed by atoms with Crippen molar-refractivity contribution >= 4 is 15.7 Å². The Kier molecular flexibility index (Phi) is 4.59. The topological polar surface area (TPSA) is 110 Å². The fourth-order valence-electron chi connectivity index (χ4n) is 2.21. The lowest BCUT2D eigenvalue weighted by Crippen LogP contribution is -2.25. The SMILES string of the molecule is O=[N+]([O-])c1cc(S(=O)(=O)NCCC2=CCCC2)ccc1O. The Bertz CT molecular complexity index is 682. The number of rotatable bonds is 6. The predicted octanol–water partition coefficient (Wildman–Crippen LogP) is 2.08. The molecule has 0 unspecified atom stereocenters. The number of hydrogen-bond donors (Lipinski definition) is 2. The van der Waals surface area contributed by atoms with E-state index in [4.69, 9.17) is 0 Å². The minimum atomic E-state index is -3.82. The minimum absolute atomic E-state index is 0.229. The van der Waals surface area contributed by atoms with Gasteiger partial charge in [0.1, 0.15) is 0 Å². The van der Waals surface area contributed by atoms with Crippen LogP contribution in [0.3, 0.4) is 0 Å². The predicted molar refractivity (Wildman–Crippen MR) is 76.5 cm³/mol. The van der Waals surface area contributed by atoms with Gasteiger partial charge in [0.15, 0.2) is 5.75 Å². The van der Waals surface area contributed by atoms with E-state index in [-0.39, 0.29) is 11.4 Å². The second-order valence-electron chi connectivity index (χ2n) is 4.81. The number of sulfonamides is 1. The van der Waals surface area contributed by atoms with Crippen LogP contribution in [0.5, 0.6) is 5.75 Å². The van der Waals surface area contributed by atoms with E-state index in [1.165, 1.54) is 5.57 Å². The lowest BCUT2D eigenvalue weighted by atomic mass is 10.2. The van der Waals surface area contributed by atoms with Crippen LogP contribution in [0.1, 0.15) is 25.7 Å². The summed E-state index contributed by atoms with van der Waals surface area (Å²) in [4.78, 5) is 9.66. The molecule has 0 radical (unpaired) electrons. The highest BCUT2D eigenvalue weighted by Crippen LogP contribution is 2.28. The molecule has 1 aliphatic carbocycles. The first-order valence-corrected chi connectivity index (χ1v) is 8.03. The molecule has 21 heavy (non-hydrogen) atoms. The molecule has 8 heteroatoms. The molecule has 1 aromatic carbocycles. The number of phenolic OH excluding ortho intramolecular Hbond substituents is 1. The van der Waals surface area contributed by atoms with Crippen molar-refractivity contribution in [2.45, 2.75) is 30.6 Å². The van der Waals surface area contributed by atoms with Crippen molar-refractivity contribution in [3.05, 3.63) is 40.0 Å². The van der Waals surface area contributed by atoms with Gasteiger partial charge in [-0.1, -0.05) is 11.6 Å². The van der Waals surface area contributed by atoms with Gasteiger partial charge < -0.3 is 5.11 Å². The summed E-state index contributed by atoms with van der Waals surface area (Å²) in [5.74, 6) is -0.560. The van der Waals surface area contributed by atoms with Crippen LogP contribution in [-0.4, -0.2) is 25.0 Å². The third-order valence-electron chi connectivity index (χ3n) is 3.33. The van der Waals surface area contributed by atoms with Crippen LogP contribution in [0.15, 0.2) is 34.7 Å². The first-order chi connectivity index (χ1) is 9.90. The number of phenols is 1. The van der Waals surface area contributed by atoms with E-state index in [0.29, 0.717) is 6.42 Å². The van der Waals surface area contributed by atoms with Crippen LogP contribution < -0.4 is 4.72 Å². The zero-order valence-corrected chi connectivity index (χ0v) is 12.1. The summed E-state index contributed by atoms with van der Waals surface area (Å²) in [5.41, 5.74) is 0.603. The van der Waals surface area contributed by atoms with Crippen molar-refractivity contribution in [1.29, 1.82) is 0 Å². The molecule has 2 N–H and O–H groups in total. The van der Waals surface area contributed by atoms with Crippen LogP contribution in [0, 0.1) is 10.1 Å². The van der Waals surface area contributed by atoms with Gasteiger partial charge in [0.25, 0.3) is 0 Å². The molecule has 114 valence electrons. The second kappa shape index (κ2) is 6.23. The Labute approximate surface area is 122 Å². The quantitative estimate of drug-likeness (QED) is 0.475. The van der Waals surface area contributed by atoms with Crippen LogP contribution in [0.4, 0.5) is 5.69 Å². The number of nitro benzene ring substituents is 1.